The van der Waals surface area contributed by atoms with Gasteiger partial charge in [-0.05, 0) is 0 Å². The summed E-state index contributed by atoms with van der Waals surface area (Å²) in [6, 6.07) is 0. The lowest BCUT2D eigenvalue weighted by molar-refractivity contribution is 0.0954. The van der Waals surface area contributed by atoms with Gasteiger partial charge in [0.1, 0.15) is 10.7 Å². The highest BCUT2D eigenvalue weighted by molar-refractivity contribution is 7.18. The van der Waals surface area contributed by atoms with Crippen molar-refractivity contribution in [3.8, 4) is 0 Å². The molecule has 1 fully saturated rings. The molecule has 0 aliphatic carbocycles. The van der Waals surface area contributed by atoms with Gasteiger partial charge in [0, 0.05) is 26.2 Å². The van der Waals surface area contributed by atoms with Gasteiger partial charge in [-0.2, -0.15) is 4.98 Å². The molecule has 2 aromatic heterocycles. The molecule has 0 bridgehead atoms. The van der Waals surface area contributed by atoms with Crippen LogP contribution in [0.15, 0.2) is 10.9 Å². The highest BCUT2D eigenvalue weighted by Crippen LogP contribution is 2.28. The van der Waals surface area contributed by atoms with E-state index >= 15 is 0 Å². The standard InChI is InChI=1S/C11H15N7O2S/c12-9-8(10(19)14-5-7-15-6-20-17-7)21-11(16-9)18-3-1-13-2-4-18/h6,13H,1-5,12H2,(H,14,19). The van der Waals surface area contributed by atoms with E-state index in [4.69, 9.17) is 5.73 Å². The third-order valence-electron chi connectivity index (χ3n) is 3.05. The van der Waals surface area contributed by atoms with Crippen LogP contribution in [0.25, 0.3) is 0 Å². The molecule has 0 radical (unpaired) electrons. The van der Waals surface area contributed by atoms with Crippen LogP contribution in [0.4, 0.5) is 10.9 Å². The zero-order valence-electron chi connectivity index (χ0n) is 11.2. The molecule has 2 aromatic rings. The molecule has 0 saturated carbocycles. The first-order valence-corrected chi connectivity index (χ1v) is 7.31. The number of hydrogen-bond donors (Lipinski definition) is 3. The van der Waals surface area contributed by atoms with Crippen LogP contribution in [0, 0.1) is 0 Å². The van der Waals surface area contributed by atoms with Gasteiger partial charge < -0.3 is 25.8 Å². The van der Waals surface area contributed by atoms with E-state index in [1.165, 1.54) is 17.7 Å². The van der Waals surface area contributed by atoms with E-state index in [0.29, 0.717) is 10.7 Å². The number of nitrogens with zero attached hydrogens (tertiary/aromatic N) is 4. The van der Waals surface area contributed by atoms with Crippen molar-refractivity contribution in [1.82, 2.24) is 25.8 Å². The predicted octanol–water partition coefficient (Wildman–Crippen LogP) is -0.552. The molecule has 3 rings (SSSR count). The van der Waals surface area contributed by atoms with Gasteiger partial charge >= 0.3 is 0 Å². The number of anilines is 2. The lowest BCUT2D eigenvalue weighted by atomic mass is 10.4. The van der Waals surface area contributed by atoms with Crippen molar-refractivity contribution in [3.63, 3.8) is 0 Å². The minimum Gasteiger partial charge on any atom is -0.382 e. The van der Waals surface area contributed by atoms with E-state index in [1.54, 1.807) is 0 Å². The molecule has 0 unspecified atom stereocenters. The normalized spacial score (nSPS) is 15.1. The number of piperazine rings is 1. The molecule has 1 saturated heterocycles. The Morgan fingerprint density at radius 1 is 1.52 bits per heavy atom. The first kappa shape index (κ1) is 13.8. The summed E-state index contributed by atoms with van der Waals surface area (Å²) >= 11 is 1.30. The highest BCUT2D eigenvalue weighted by atomic mass is 32.1. The Morgan fingerprint density at radius 2 is 2.33 bits per heavy atom. The summed E-state index contributed by atoms with van der Waals surface area (Å²) in [5.74, 6) is 0.379. The number of nitrogens with one attached hydrogen (secondary N) is 2. The summed E-state index contributed by atoms with van der Waals surface area (Å²) in [5, 5.41) is 10.4. The van der Waals surface area contributed by atoms with Crippen LogP contribution in [-0.2, 0) is 6.54 Å². The van der Waals surface area contributed by atoms with Crippen molar-refractivity contribution in [2.24, 2.45) is 0 Å². The molecule has 9 nitrogen and oxygen atoms in total. The van der Waals surface area contributed by atoms with E-state index in [9.17, 15) is 4.79 Å². The second-order valence-electron chi connectivity index (χ2n) is 4.48. The fourth-order valence-electron chi connectivity index (χ4n) is 1.98. The number of thiazole rings is 1. The maximum atomic E-state index is 12.1. The average Bonchev–Trinajstić information content (AvgIpc) is 3.15. The van der Waals surface area contributed by atoms with Crippen molar-refractivity contribution >= 4 is 28.2 Å². The highest BCUT2D eigenvalue weighted by Gasteiger charge is 2.20. The van der Waals surface area contributed by atoms with Gasteiger partial charge in [0.15, 0.2) is 11.0 Å². The van der Waals surface area contributed by atoms with E-state index in [0.717, 1.165) is 31.3 Å². The number of rotatable bonds is 4. The summed E-state index contributed by atoms with van der Waals surface area (Å²) < 4.78 is 4.60. The molecule has 4 N–H and O–H groups in total. The number of carbonyl (C=O) groups is 1. The minimum atomic E-state index is -0.281. The number of carbonyl (C=O) groups excluding carboxylic acids is 1. The van der Waals surface area contributed by atoms with Crippen molar-refractivity contribution < 1.29 is 9.32 Å². The first-order chi connectivity index (χ1) is 10.2. The Balaban J connectivity index is 1.66. The SMILES string of the molecule is Nc1nc(N2CCNCC2)sc1C(=O)NCc1ncon1. The van der Waals surface area contributed by atoms with Gasteiger partial charge in [-0.15, -0.1) is 0 Å². The Bertz CT molecular complexity index is 606. The summed E-state index contributed by atoms with van der Waals surface area (Å²) in [7, 11) is 0. The first-order valence-electron chi connectivity index (χ1n) is 6.49. The molecule has 10 heteroatoms. The van der Waals surface area contributed by atoms with Gasteiger partial charge in [0.05, 0.1) is 6.54 Å². The molecule has 0 aromatic carbocycles. The maximum Gasteiger partial charge on any atom is 0.265 e. The second kappa shape index (κ2) is 6.06. The van der Waals surface area contributed by atoms with Crippen LogP contribution in [0.5, 0.6) is 0 Å². The number of nitrogens with two attached hydrogens (primary N) is 1. The van der Waals surface area contributed by atoms with Crippen molar-refractivity contribution in [3.05, 3.63) is 17.1 Å². The van der Waals surface area contributed by atoms with Crippen LogP contribution in [0.3, 0.4) is 0 Å². The largest absolute Gasteiger partial charge is 0.382 e. The molecule has 0 spiro atoms. The van der Waals surface area contributed by atoms with Crippen molar-refractivity contribution in [1.29, 1.82) is 0 Å². The van der Waals surface area contributed by atoms with Crippen LogP contribution in [0.2, 0.25) is 0 Å². The van der Waals surface area contributed by atoms with E-state index in [1.807, 2.05) is 0 Å². The summed E-state index contributed by atoms with van der Waals surface area (Å²) in [6.07, 6.45) is 1.21. The molecule has 112 valence electrons. The molecule has 3 heterocycles. The number of hydrogen-bond acceptors (Lipinski definition) is 9. The monoisotopic (exact) mass is 309 g/mol. The molecule has 21 heavy (non-hydrogen) atoms. The third kappa shape index (κ3) is 3.11. The molecule has 1 aliphatic rings. The molecule has 1 aliphatic heterocycles. The summed E-state index contributed by atoms with van der Waals surface area (Å²) in [4.78, 5) is 22.8. The number of amides is 1. The lowest BCUT2D eigenvalue weighted by Crippen LogP contribution is -2.43. The van der Waals surface area contributed by atoms with Crippen LogP contribution < -0.4 is 21.3 Å². The number of aromatic nitrogens is 3. The van der Waals surface area contributed by atoms with Gasteiger partial charge in [-0.3, -0.25) is 4.79 Å². The predicted molar refractivity (Wildman–Crippen MR) is 77.1 cm³/mol. The Labute approximate surface area is 124 Å². The van der Waals surface area contributed by atoms with Crippen LogP contribution >= 0.6 is 11.3 Å². The second-order valence-corrected chi connectivity index (χ2v) is 5.46. The van der Waals surface area contributed by atoms with Gasteiger partial charge in [0.25, 0.3) is 5.91 Å². The summed E-state index contributed by atoms with van der Waals surface area (Å²) in [5.41, 5.74) is 5.84. The van der Waals surface area contributed by atoms with E-state index in [2.05, 4.69) is 35.2 Å². The van der Waals surface area contributed by atoms with Gasteiger partial charge in [-0.25, -0.2) is 4.98 Å². The van der Waals surface area contributed by atoms with E-state index < -0.39 is 0 Å². The fraction of sp³-hybridized carbons (Fsp3) is 0.455. The maximum absolute atomic E-state index is 12.1. The van der Waals surface area contributed by atoms with Gasteiger partial charge in [-0.1, -0.05) is 16.5 Å². The molecule has 0 atom stereocenters. The van der Waals surface area contributed by atoms with Crippen LogP contribution in [-0.4, -0.2) is 47.2 Å². The Morgan fingerprint density at radius 3 is 3.05 bits per heavy atom. The lowest BCUT2D eigenvalue weighted by Gasteiger charge is -2.26. The number of nitrogen functional groups attached to an aromatic ring is 1. The molecular weight excluding hydrogens is 294 g/mol. The van der Waals surface area contributed by atoms with Crippen molar-refractivity contribution in [2.45, 2.75) is 6.54 Å². The fourth-order valence-corrected chi connectivity index (χ4v) is 2.94. The van der Waals surface area contributed by atoms with Crippen LogP contribution in [0.1, 0.15) is 15.5 Å². The zero-order chi connectivity index (χ0) is 14.7. The summed E-state index contributed by atoms with van der Waals surface area (Å²) in [6.45, 7) is 3.71. The van der Waals surface area contributed by atoms with E-state index in [-0.39, 0.29) is 18.3 Å². The molecular formula is C11H15N7O2S. The quantitative estimate of drug-likeness (QED) is 0.687. The Hall–Kier alpha value is -2.20. The Kier molecular flexibility index (Phi) is 3.97. The third-order valence-corrected chi connectivity index (χ3v) is 4.18. The zero-order valence-corrected chi connectivity index (χ0v) is 12.0. The molecule has 1 amide bonds. The van der Waals surface area contributed by atoms with Gasteiger partial charge in [0.2, 0.25) is 6.39 Å². The van der Waals surface area contributed by atoms with Crippen molar-refractivity contribution in [2.75, 3.05) is 36.8 Å². The average molecular weight is 309 g/mol. The smallest absolute Gasteiger partial charge is 0.265 e. The minimum absolute atomic E-state index is 0.190. The topological polar surface area (TPSA) is 122 Å².